The first kappa shape index (κ1) is 20.0. The smallest absolute Gasteiger partial charge is 0.330 e. The molecular weight excluding hydrogens is 348 g/mol. The third-order valence-electron chi connectivity index (χ3n) is 3.66. The van der Waals surface area contributed by atoms with Gasteiger partial charge in [0.05, 0.1) is 0 Å². The molecule has 0 aliphatic heterocycles. The van der Waals surface area contributed by atoms with Crippen LogP contribution in [0.15, 0.2) is 55.6 Å². The number of hydrogen-bond acceptors (Lipinski definition) is 6. The highest BCUT2D eigenvalue weighted by Crippen LogP contribution is 2.34. The van der Waals surface area contributed by atoms with Gasteiger partial charge in [-0.15, -0.1) is 0 Å². The molecule has 0 saturated heterocycles. The fourth-order valence-corrected chi connectivity index (χ4v) is 2.43. The summed E-state index contributed by atoms with van der Waals surface area (Å²) in [6.07, 6.45) is 2.22. The highest BCUT2D eigenvalue weighted by Gasteiger charge is 2.10. The van der Waals surface area contributed by atoms with Crippen LogP contribution in [0.25, 0.3) is 10.8 Å². The molecule has 0 fully saturated rings. The Balaban J connectivity index is 2.08. The molecule has 0 radical (unpaired) electrons. The topological polar surface area (TPSA) is 71.1 Å². The molecule has 27 heavy (non-hydrogen) atoms. The number of aryl methyl sites for hydroxylation is 1. The molecule has 2 aromatic rings. The first-order valence-corrected chi connectivity index (χ1v) is 8.43. The highest BCUT2D eigenvalue weighted by atomic mass is 16.6. The molecule has 2 aromatic carbocycles. The average Bonchev–Trinajstić information content (AvgIpc) is 2.69. The van der Waals surface area contributed by atoms with E-state index in [1.807, 2.05) is 37.3 Å². The van der Waals surface area contributed by atoms with Gasteiger partial charge in [0.15, 0.2) is 0 Å². The Morgan fingerprint density at radius 1 is 0.852 bits per heavy atom. The van der Waals surface area contributed by atoms with Crippen molar-refractivity contribution >= 4 is 22.7 Å². The van der Waals surface area contributed by atoms with E-state index >= 15 is 0 Å². The van der Waals surface area contributed by atoms with Crippen molar-refractivity contribution in [3.63, 3.8) is 0 Å². The van der Waals surface area contributed by atoms with Crippen LogP contribution in [-0.2, 0) is 19.1 Å². The summed E-state index contributed by atoms with van der Waals surface area (Å²) in [5.41, 5.74) is 0.953. The number of carbonyl (C=O) groups is 2. The summed E-state index contributed by atoms with van der Waals surface area (Å²) in [5, 5.41) is 1.75. The van der Waals surface area contributed by atoms with Crippen LogP contribution in [0.2, 0.25) is 0 Å². The quantitative estimate of drug-likeness (QED) is 0.363. The summed E-state index contributed by atoms with van der Waals surface area (Å²) in [6, 6.07) is 9.50. The van der Waals surface area contributed by atoms with Gasteiger partial charge in [0.25, 0.3) is 0 Å². The van der Waals surface area contributed by atoms with Crippen molar-refractivity contribution in [2.45, 2.75) is 6.92 Å². The summed E-state index contributed by atoms with van der Waals surface area (Å²) in [7, 11) is 0. The first-order valence-electron chi connectivity index (χ1n) is 8.43. The van der Waals surface area contributed by atoms with Crippen LogP contribution >= 0.6 is 0 Å². The second kappa shape index (κ2) is 10.0. The van der Waals surface area contributed by atoms with E-state index in [9.17, 15) is 9.59 Å². The fraction of sp³-hybridized carbons (Fsp3) is 0.238. The molecule has 0 saturated carbocycles. The van der Waals surface area contributed by atoms with Gasteiger partial charge in [-0.25, -0.2) is 9.59 Å². The van der Waals surface area contributed by atoms with Crippen LogP contribution in [0.4, 0.5) is 0 Å². The number of benzene rings is 2. The number of hydrogen-bond donors (Lipinski definition) is 0. The van der Waals surface area contributed by atoms with Gasteiger partial charge in [0.1, 0.15) is 37.9 Å². The normalized spacial score (nSPS) is 10.1. The van der Waals surface area contributed by atoms with Crippen molar-refractivity contribution < 1.29 is 28.5 Å². The summed E-state index contributed by atoms with van der Waals surface area (Å²) in [5.74, 6) is 0.386. The summed E-state index contributed by atoms with van der Waals surface area (Å²) in [4.78, 5) is 22.1. The summed E-state index contributed by atoms with van der Waals surface area (Å²) >= 11 is 0. The van der Waals surface area contributed by atoms with E-state index in [1.165, 1.54) is 0 Å². The third-order valence-corrected chi connectivity index (χ3v) is 3.66. The molecule has 0 aliphatic rings. The zero-order valence-corrected chi connectivity index (χ0v) is 15.2. The molecular formula is C21H22O6. The second-order valence-corrected chi connectivity index (χ2v) is 5.50. The van der Waals surface area contributed by atoms with Gasteiger partial charge in [-0.2, -0.15) is 0 Å². The minimum Gasteiger partial charge on any atom is -0.489 e. The van der Waals surface area contributed by atoms with Crippen LogP contribution in [0.3, 0.4) is 0 Å². The van der Waals surface area contributed by atoms with Gasteiger partial charge in [-0.05, 0) is 18.6 Å². The summed E-state index contributed by atoms with van der Waals surface area (Å²) < 4.78 is 21.4. The fourth-order valence-electron chi connectivity index (χ4n) is 2.43. The van der Waals surface area contributed by atoms with E-state index in [-0.39, 0.29) is 26.4 Å². The molecule has 6 nitrogen and oxygen atoms in total. The van der Waals surface area contributed by atoms with Crippen LogP contribution in [0.1, 0.15) is 5.56 Å². The van der Waals surface area contributed by atoms with Gasteiger partial charge in [0, 0.05) is 22.9 Å². The molecule has 0 unspecified atom stereocenters. The van der Waals surface area contributed by atoms with E-state index in [2.05, 4.69) is 13.2 Å². The Labute approximate surface area is 158 Å². The summed E-state index contributed by atoms with van der Waals surface area (Å²) in [6.45, 7) is 9.33. The zero-order valence-electron chi connectivity index (χ0n) is 15.2. The monoisotopic (exact) mass is 370 g/mol. The SMILES string of the molecule is C=CC(=O)OCCOc1cccc2c(OCCOC(=O)C=C)c(C)ccc12. The lowest BCUT2D eigenvalue weighted by molar-refractivity contribution is -0.139. The number of fused-ring (bicyclic) bond motifs is 1. The molecule has 2 rings (SSSR count). The molecule has 0 amide bonds. The van der Waals surface area contributed by atoms with Crippen LogP contribution in [0, 0.1) is 6.92 Å². The predicted molar refractivity (Wildman–Crippen MR) is 102 cm³/mol. The predicted octanol–water partition coefficient (Wildman–Crippen LogP) is 3.36. The van der Waals surface area contributed by atoms with Gasteiger partial charge in [-0.1, -0.05) is 37.4 Å². The van der Waals surface area contributed by atoms with Crippen LogP contribution in [-0.4, -0.2) is 38.4 Å². The molecule has 0 aromatic heterocycles. The van der Waals surface area contributed by atoms with Gasteiger partial charge in [-0.3, -0.25) is 0 Å². The Hall–Kier alpha value is -3.28. The Kier molecular flexibility index (Phi) is 7.43. The molecule has 142 valence electrons. The van der Waals surface area contributed by atoms with E-state index in [0.29, 0.717) is 11.5 Å². The first-order chi connectivity index (χ1) is 13.1. The Bertz CT molecular complexity index is 840. The molecule has 0 atom stereocenters. The van der Waals surface area contributed by atoms with E-state index in [1.54, 1.807) is 0 Å². The lowest BCUT2D eigenvalue weighted by Gasteiger charge is -2.15. The minimum atomic E-state index is -0.486. The standard InChI is InChI=1S/C21H22O6/c1-4-19(22)25-12-11-24-18-8-6-7-17-16(18)10-9-15(3)21(17)27-14-13-26-20(23)5-2/h4-10H,1-2,11-14H2,3H3. The maximum absolute atomic E-state index is 11.1. The zero-order chi connectivity index (χ0) is 19.6. The number of ether oxygens (including phenoxy) is 4. The maximum Gasteiger partial charge on any atom is 0.330 e. The Morgan fingerprint density at radius 3 is 2.11 bits per heavy atom. The highest BCUT2D eigenvalue weighted by molar-refractivity contribution is 5.94. The molecule has 0 N–H and O–H groups in total. The molecule has 0 bridgehead atoms. The van der Waals surface area contributed by atoms with Crippen molar-refractivity contribution in [2.75, 3.05) is 26.4 Å². The van der Waals surface area contributed by atoms with Crippen molar-refractivity contribution in [1.82, 2.24) is 0 Å². The van der Waals surface area contributed by atoms with Crippen LogP contribution < -0.4 is 9.47 Å². The maximum atomic E-state index is 11.1. The molecule has 0 aliphatic carbocycles. The lowest BCUT2D eigenvalue weighted by Crippen LogP contribution is -2.11. The van der Waals surface area contributed by atoms with Crippen molar-refractivity contribution in [2.24, 2.45) is 0 Å². The largest absolute Gasteiger partial charge is 0.489 e. The third kappa shape index (κ3) is 5.60. The van der Waals surface area contributed by atoms with Crippen LogP contribution in [0.5, 0.6) is 11.5 Å². The second-order valence-electron chi connectivity index (χ2n) is 5.50. The lowest BCUT2D eigenvalue weighted by atomic mass is 10.1. The molecule has 0 heterocycles. The number of esters is 2. The van der Waals surface area contributed by atoms with Crippen molar-refractivity contribution in [1.29, 1.82) is 0 Å². The average molecular weight is 370 g/mol. The van der Waals surface area contributed by atoms with Gasteiger partial charge >= 0.3 is 11.9 Å². The van der Waals surface area contributed by atoms with Crippen molar-refractivity contribution in [3.8, 4) is 11.5 Å². The number of carbonyl (C=O) groups excluding carboxylic acids is 2. The van der Waals surface area contributed by atoms with Crippen molar-refractivity contribution in [3.05, 3.63) is 61.2 Å². The van der Waals surface area contributed by atoms with E-state index in [0.717, 1.165) is 28.5 Å². The minimum absolute atomic E-state index is 0.130. The Morgan fingerprint density at radius 2 is 1.48 bits per heavy atom. The van der Waals surface area contributed by atoms with E-state index in [4.69, 9.17) is 18.9 Å². The van der Waals surface area contributed by atoms with E-state index < -0.39 is 11.9 Å². The van der Waals surface area contributed by atoms with Gasteiger partial charge in [0.2, 0.25) is 0 Å². The number of rotatable bonds is 10. The molecule has 6 heteroatoms. The molecule has 0 spiro atoms. The van der Waals surface area contributed by atoms with Gasteiger partial charge < -0.3 is 18.9 Å².